The van der Waals surface area contributed by atoms with Gasteiger partial charge in [0.05, 0.1) is 12.6 Å². The van der Waals surface area contributed by atoms with E-state index in [0.717, 1.165) is 17.8 Å². The second-order valence-corrected chi connectivity index (χ2v) is 4.55. The summed E-state index contributed by atoms with van der Waals surface area (Å²) in [7, 11) is 4.05. The number of nitrogens with two attached hydrogens (primary N) is 1. The minimum absolute atomic E-state index is 0.834. The maximum absolute atomic E-state index is 5.79. The molecule has 0 aliphatic rings. The van der Waals surface area contributed by atoms with Crippen LogP contribution >= 0.6 is 0 Å². The molecule has 0 fully saturated rings. The van der Waals surface area contributed by atoms with Gasteiger partial charge in [-0.1, -0.05) is 24.2 Å². The van der Waals surface area contributed by atoms with Crippen LogP contribution in [0.1, 0.15) is 18.3 Å². The summed E-state index contributed by atoms with van der Waals surface area (Å²) >= 11 is 0. The highest BCUT2D eigenvalue weighted by Gasteiger charge is 2.11. The van der Waals surface area contributed by atoms with Gasteiger partial charge < -0.3 is 4.90 Å². The average Bonchev–Trinajstić information content (AvgIpc) is 2.77. The maximum Gasteiger partial charge on any atom is 0.304 e. The first-order valence-electron chi connectivity index (χ1n) is 6.30. The smallest absolute Gasteiger partial charge is 0.304 e. The van der Waals surface area contributed by atoms with Gasteiger partial charge in [0.1, 0.15) is 0 Å². The van der Waals surface area contributed by atoms with E-state index in [4.69, 9.17) is 5.84 Å². The van der Waals surface area contributed by atoms with E-state index in [1.54, 1.807) is 15.5 Å². The highest BCUT2D eigenvalue weighted by Crippen LogP contribution is 2.11. The second kappa shape index (κ2) is 5.56. The molecule has 0 unspecified atom stereocenters. The predicted octanol–water partition coefficient (Wildman–Crippen LogP) is 1.00. The molecule has 5 nitrogen and oxygen atoms in total. The Morgan fingerprint density at radius 1 is 1.32 bits per heavy atom. The van der Waals surface area contributed by atoms with E-state index in [9.17, 15) is 0 Å². The van der Waals surface area contributed by atoms with Crippen molar-refractivity contribution in [3.8, 4) is 0 Å². The lowest BCUT2D eigenvalue weighted by Gasteiger charge is -2.11. The molecule has 0 radical (unpaired) electrons. The highest BCUT2D eigenvalue weighted by molar-refractivity contribution is 5.80. The largest absolute Gasteiger partial charge is 0.378 e. The van der Waals surface area contributed by atoms with Gasteiger partial charge in [0.25, 0.3) is 0 Å². The monoisotopic (exact) mass is 258 g/mol. The minimum Gasteiger partial charge on any atom is -0.378 e. The van der Waals surface area contributed by atoms with E-state index < -0.39 is 0 Å². The van der Waals surface area contributed by atoms with Crippen LogP contribution in [-0.2, 0) is 6.42 Å². The van der Waals surface area contributed by atoms with E-state index in [2.05, 4.69) is 29.1 Å². The zero-order valence-corrected chi connectivity index (χ0v) is 11.6. The Balaban J connectivity index is 2.18. The fourth-order valence-corrected chi connectivity index (χ4v) is 1.86. The predicted molar refractivity (Wildman–Crippen MR) is 77.9 cm³/mol. The Morgan fingerprint density at radius 2 is 2.00 bits per heavy atom. The number of rotatable bonds is 4. The summed E-state index contributed by atoms with van der Waals surface area (Å²) in [5.41, 5.74) is 2.23. The fraction of sp³-hybridized carbons (Fsp3) is 0.286. The molecular weight excluding hydrogens is 238 g/mol. The van der Waals surface area contributed by atoms with E-state index in [-0.39, 0.29) is 0 Å². The van der Waals surface area contributed by atoms with Gasteiger partial charge in [-0.25, -0.2) is 0 Å². The Kier molecular flexibility index (Phi) is 3.85. The van der Waals surface area contributed by atoms with Crippen LogP contribution in [0.2, 0.25) is 0 Å². The van der Waals surface area contributed by atoms with Gasteiger partial charge >= 0.3 is 5.82 Å². The Hall–Kier alpha value is -2.30. The molecule has 19 heavy (non-hydrogen) atoms. The SMILES string of the molecule is CCc1n(/N=C/c2ccc(N(C)C)cc2)cc[n+]1N. The van der Waals surface area contributed by atoms with Gasteiger partial charge in [-0.05, 0) is 17.7 Å². The third-order valence-corrected chi connectivity index (χ3v) is 2.99. The molecular formula is C14H20N5+. The third-order valence-electron chi connectivity index (χ3n) is 2.99. The summed E-state index contributed by atoms with van der Waals surface area (Å²) < 4.78 is 3.38. The van der Waals surface area contributed by atoms with Gasteiger partial charge in [-0.2, -0.15) is 0 Å². The van der Waals surface area contributed by atoms with Crippen LogP contribution in [0.4, 0.5) is 5.69 Å². The van der Waals surface area contributed by atoms with Crippen molar-refractivity contribution in [2.45, 2.75) is 13.3 Å². The van der Waals surface area contributed by atoms with Gasteiger partial charge in [-0.3, -0.25) is 5.84 Å². The van der Waals surface area contributed by atoms with Gasteiger partial charge in [0.15, 0.2) is 12.4 Å². The first kappa shape index (κ1) is 13.1. The molecule has 1 aromatic carbocycles. The number of hydrogen-bond acceptors (Lipinski definition) is 3. The van der Waals surface area contributed by atoms with Gasteiger partial charge in [-0.15, -0.1) is 9.35 Å². The molecule has 1 aromatic heterocycles. The number of nitrogens with zero attached hydrogens (tertiary/aromatic N) is 4. The van der Waals surface area contributed by atoms with E-state index in [1.807, 2.05) is 38.6 Å². The van der Waals surface area contributed by atoms with Crippen molar-refractivity contribution in [1.82, 2.24) is 4.68 Å². The van der Waals surface area contributed by atoms with Crippen molar-refractivity contribution in [3.05, 3.63) is 48.0 Å². The zero-order chi connectivity index (χ0) is 13.8. The number of aromatic nitrogens is 2. The van der Waals surface area contributed by atoms with Crippen molar-refractivity contribution in [2.75, 3.05) is 24.8 Å². The molecule has 0 aliphatic heterocycles. The molecule has 2 aromatic rings. The topological polar surface area (TPSA) is 50.4 Å². The van der Waals surface area contributed by atoms with Crippen molar-refractivity contribution in [3.63, 3.8) is 0 Å². The molecule has 0 aliphatic carbocycles. The fourth-order valence-electron chi connectivity index (χ4n) is 1.86. The molecule has 0 saturated heterocycles. The molecule has 100 valence electrons. The van der Waals surface area contributed by atoms with Crippen LogP contribution in [-0.4, -0.2) is 25.0 Å². The molecule has 1 heterocycles. The van der Waals surface area contributed by atoms with Crippen LogP contribution in [0, 0.1) is 0 Å². The van der Waals surface area contributed by atoms with E-state index >= 15 is 0 Å². The Bertz CT molecular complexity index is 566. The van der Waals surface area contributed by atoms with Gasteiger partial charge in [0.2, 0.25) is 0 Å². The summed E-state index contributed by atoms with van der Waals surface area (Å²) in [6.45, 7) is 2.05. The van der Waals surface area contributed by atoms with Crippen molar-refractivity contribution in [1.29, 1.82) is 0 Å². The second-order valence-electron chi connectivity index (χ2n) is 4.55. The van der Waals surface area contributed by atoms with Crippen molar-refractivity contribution >= 4 is 11.9 Å². The number of imidazole rings is 1. The number of nitrogen functional groups attached to an aromatic ring is 1. The summed E-state index contributed by atoms with van der Waals surface area (Å²) in [6.07, 6.45) is 6.31. The molecule has 0 spiro atoms. The molecule has 2 N–H and O–H groups in total. The average molecular weight is 258 g/mol. The number of benzene rings is 1. The minimum atomic E-state index is 0.834. The van der Waals surface area contributed by atoms with Crippen molar-refractivity contribution in [2.24, 2.45) is 5.10 Å². The van der Waals surface area contributed by atoms with Crippen LogP contribution in [0.5, 0.6) is 0 Å². The van der Waals surface area contributed by atoms with E-state index in [1.165, 1.54) is 5.69 Å². The quantitative estimate of drug-likeness (QED) is 0.505. The zero-order valence-electron chi connectivity index (χ0n) is 11.6. The first-order valence-corrected chi connectivity index (χ1v) is 6.30. The first-order chi connectivity index (χ1) is 9.11. The van der Waals surface area contributed by atoms with Gasteiger partial charge in [0, 0.05) is 19.8 Å². The normalized spacial score (nSPS) is 11.1. The van der Waals surface area contributed by atoms with Crippen LogP contribution in [0.15, 0.2) is 41.8 Å². The lowest BCUT2D eigenvalue weighted by atomic mass is 10.2. The number of anilines is 1. The molecule has 0 atom stereocenters. The Labute approximate surface area is 113 Å². The summed E-state index contributed by atoms with van der Waals surface area (Å²) in [6, 6.07) is 8.23. The van der Waals surface area contributed by atoms with Crippen LogP contribution in [0.25, 0.3) is 0 Å². The van der Waals surface area contributed by atoms with Crippen LogP contribution in [0.3, 0.4) is 0 Å². The Morgan fingerprint density at radius 3 is 2.58 bits per heavy atom. The molecule has 2 rings (SSSR count). The number of hydrogen-bond donors (Lipinski definition) is 1. The molecule has 5 heteroatoms. The lowest BCUT2D eigenvalue weighted by Crippen LogP contribution is -2.46. The standard InChI is InChI=1S/C14H20N5/c1-4-14-18(15)9-10-19(14)16-11-12-5-7-13(8-6-12)17(2)3/h5-11H,4,15H2,1-3H3/q+1/b16-11+. The molecule has 0 bridgehead atoms. The lowest BCUT2D eigenvalue weighted by molar-refractivity contribution is -0.646. The van der Waals surface area contributed by atoms with E-state index in [0.29, 0.717) is 0 Å². The highest BCUT2D eigenvalue weighted by atomic mass is 15.4. The summed E-state index contributed by atoms with van der Waals surface area (Å²) in [5, 5.41) is 4.42. The molecule has 0 saturated carbocycles. The van der Waals surface area contributed by atoms with Crippen LogP contribution < -0.4 is 15.4 Å². The van der Waals surface area contributed by atoms with Crippen molar-refractivity contribution < 1.29 is 4.68 Å². The maximum atomic E-state index is 5.79. The molecule has 0 amide bonds. The summed E-state index contributed by atoms with van der Waals surface area (Å²) in [4.78, 5) is 2.07. The summed E-state index contributed by atoms with van der Waals surface area (Å²) in [5.74, 6) is 6.75. The third kappa shape index (κ3) is 2.93.